The maximum absolute atomic E-state index is 13.2. The molecule has 0 saturated carbocycles. The molecule has 0 N–H and O–H groups in total. The molecule has 3 aromatic rings. The number of aryl methyl sites for hydroxylation is 1. The first kappa shape index (κ1) is 23.0. The Morgan fingerprint density at radius 2 is 1.90 bits per heavy atom. The van der Waals surface area contributed by atoms with Crippen LogP contribution >= 0.6 is 11.3 Å². The second-order valence-electron chi connectivity index (χ2n) is 8.27. The molecule has 0 bridgehead atoms. The van der Waals surface area contributed by atoms with Crippen molar-refractivity contribution in [1.29, 1.82) is 0 Å². The van der Waals surface area contributed by atoms with Crippen LogP contribution in [0.1, 0.15) is 72.2 Å². The lowest BCUT2D eigenvalue weighted by atomic mass is 10.0. The van der Waals surface area contributed by atoms with Crippen molar-refractivity contribution >= 4 is 17.2 Å². The maximum atomic E-state index is 13.2. The van der Waals surface area contributed by atoms with E-state index in [9.17, 15) is 4.79 Å². The van der Waals surface area contributed by atoms with E-state index in [1.807, 2.05) is 59.7 Å². The number of hydrogen-bond acceptors (Lipinski definition) is 4. The Labute approximate surface area is 189 Å². The van der Waals surface area contributed by atoms with Crippen molar-refractivity contribution in [3.05, 3.63) is 81.3 Å². The highest BCUT2D eigenvalue weighted by Gasteiger charge is 2.22. The highest BCUT2D eigenvalue weighted by atomic mass is 32.1. The topological polar surface area (TPSA) is 42.4 Å². The molecule has 0 aliphatic rings. The zero-order valence-electron chi connectivity index (χ0n) is 19.1. The Morgan fingerprint density at radius 1 is 1.13 bits per heavy atom. The van der Waals surface area contributed by atoms with Gasteiger partial charge >= 0.3 is 0 Å². The number of hydrogen-bond donors (Lipinski definition) is 0. The predicted molar refractivity (Wildman–Crippen MR) is 128 cm³/mol. The number of carbonyl (C=O) groups is 1. The third kappa shape index (κ3) is 5.95. The molecule has 1 aromatic heterocycles. The molecule has 0 aliphatic heterocycles. The summed E-state index contributed by atoms with van der Waals surface area (Å²) in [7, 11) is 0. The van der Waals surface area contributed by atoms with Gasteiger partial charge < -0.3 is 9.64 Å². The second-order valence-corrected chi connectivity index (χ2v) is 9.22. The Bertz CT molecular complexity index is 1010. The largest absolute Gasteiger partial charge is 0.486 e. The molecule has 0 spiro atoms. The minimum absolute atomic E-state index is 0.0507. The number of ether oxygens (including phenoxy) is 1. The summed E-state index contributed by atoms with van der Waals surface area (Å²) in [4.78, 5) is 19.9. The van der Waals surface area contributed by atoms with Crippen LogP contribution in [0.25, 0.3) is 0 Å². The molecule has 0 aliphatic carbocycles. The number of benzene rings is 2. The van der Waals surface area contributed by atoms with Crippen molar-refractivity contribution in [3.63, 3.8) is 0 Å². The maximum Gasteiger partial charge on any atom is 0.254 e. The smallest absolute Gasteiger partial charge is 0.254 e. The van der Waals surface area contributed by atoms with Crippen molar-refractivity contribution in [1.82, 2.24) is 9.88 Å². The lowest BCUT2D eigenvalue weighted by Crippen LogP contribution is -2.38. The standard InChI is InChI=1S/C26H32N2O2S/c1-6-20(5)28(26(29)21-11-9-10-19(4)14-21)15-22-17-31-25(27-22)16-30-24-13-8-7-12-23(24)18(2)3/h7-14,17-18,20H,6,15-16H2,1-5H3/t20-/m0/s1. The Balaban J connectivity index is 1.71. The van der Waals surface area contributed by atoms with Crippen LogP contribution in [-0.2, 0) is 13.2 Å². The average Bonchev–Trinajstić information content (AvgIpc) is 3.22. The van der Waals surface area contributed by atoms with Crippen LogP contribution in [0.4, 0.5) is 0 Å². The summed E-state index contributed by atoms with van der Waals surface area (Å²) in [5.74, 6) is 1.36. The van der Waals surface area contributed by atoms with Gasteiger partial charge in [0.05, 0.1) is 12.2 Å². The fourth-order valence-corrected chi connectivity index (χ4v) is 4.18. The van der Waals surface area contributed by atoms with Gasteiger partial charge in [-0.25, -0.2) is 4.98 Å². The van der Waals surface area contributed by atoms with E-state index in [0.29, 0.717) is 19.1 Å². The van der Waals surface area contributed by atoms with E-state index in [1.165, 1.54) is 5.56 Å². The summed E-state index contributed by atoms with van der Waals surface area (Å²) in [6, 6.07) is 16.1. The van der Waals surface area contributed by atoms with Gasteiger partial charge in [-0.3, -0.25) is 4.79 Å². The van der Waals surface area contributed by atoms with E-state index in [2.05, 4.69) is 33.8 Å². The predicted octanol–water partition coefficient (Wildman–Crippen LogP) is 6.59. The van der Waals surface area contributed by atoms with Crippen molar-refractivity contribution in [2.24, 2.45) is 0 Å². The summed E-state index contributed by atoms with van der Waals surface area (Å²) in [6.45, 7) is 11.5. The highest BCUT2D eigenvalue weighted by Crippen LogP contribution is 2.27. The molecule has 1 heterocycles. The lowest BCUT2D eigenvalue weighted by molar-refractivity contribution is 0.0669. The Kier molecular flexibility index (Phi) is 7.85. The molecule has 31 heavy (non-hydrogen) atoms. The number of amides is 1. The van der Waals surface area contributed by atoms with Crippen molar-refractivity contribution in [2.45, 2.75) is 66.2 Å². The van der Waals surface area contributed by atoms with Gasteiger partial charge in [-0.1, -0.05) is 56.7 Å². The Hall–Kier alpha value is -2.66. The normalized spacial score (nSPS) is 12.1. The molecule has 0 unspecified atom stereocenters. The fourth-order valence-electron chi connectivity index (χ4n) is 3.48. The number of aromatic nitrogens is 1. The first-order valence-electron chi connectivity index (χ1n) is 10.9. The summed E-state index contributed by atoms with van der Waals surface area (Å²) in [5.41, 5.74) is 3.92. The summed E-state index contributed by atoms with van der Waals surface area (Å²) in [5, 5.41) is 2.95. The fraction of sp³-hybridized carbons (Fsp3) is 0.385. The zero-order valence-corrected chi connectivity index (χ0v) is 19.9. The van der Waals surface area contributed by atoms with E-state index in [-0.39, 0.29) is 11.9 Å². The molecule has 5 heteroatoms. The molecule has 0 saturated heterocycles. The summed E-state index contributed by atoms with van der Waals surface area (Å²) < 4.78 is 6.07. The number of carbonyl (C=O) groups excluding carboxylic acids is 1. The molecule has 4 nitrogen and oxygen atoms in total. The molecule has 0 radical (unpaired) electrons. The first-order valence-corrected chi connectivity index (χ1v) is 11.8. The molecule has 0 fully saturated rings. The van der Waals surface area contributed by atoms with Crippen LogP contribution in [0.2, 0.25) is 0 Å². The number of para-hydroxylation sites is 1. The highest BCUT2D eigenvalue weighted by molar-refractivity contribution is 7.09. The van der Waals surface area contributed by atoms with Gasteiger partial charge in [-0.05, 0) is 49.9 Å². The van der Waals surface area contributed by atoms with Crippen LogP contribution in [0.5, 0.6) is 5.75 Å². The lowest BCUT2D eigenvalue weighted by Gasteiger charge is -2.28. The van der Waals surface area contributed by atoms with E-state index in [0.717, 1.165) is 34.0 Å². The van der Waals surface area contributed by atoms with Gasteiger partial charge in [0.15, 0.2) is 0 Å². The second kappa shape index (κ2) is 10.6. The van der Waals surface area contributed by atoms with Gasteiger partial charge in [0.1, 0.15) is 17.4 Å². The van der Waals surface area contributed by atoms with Crippen molar-refractivity contribution in [2.75, 3.05) is 0 Å². The van der Waals surface area contributed by atoms with Gasteiger partial charge in [0.25, 0.3) is 5.91 Å². The SMILES string of the molecule is CC[C@H](C)N(Cc1csc(COc2ccccc2C(C)C)n1)C(=O)c1cccc(C)c1. The number of thiazole rings is 1. The molecule has 1 amide bonds. The Morgan fingerprint density at radius 3 is 2.61 bits per heavy atom. The van der Waals surface area contributed by atoms with Crippen molar-refractivity contribution < 1.29 is 9.53 Å². The average molecular weight is 437 g/mol. The van der Waals surface area contributed by atoms with Crippen LogP contribution in [0.15, 0.2) is 53.9 Å². The molecule has 2 aromatic carbocycles. The molecule has 3 rings (SSSR count). The van der Waals surface area contributed by atoms with E-state index >= 15 is 0 Å². The zero-order chi connectivity index (χ0) is 22.4. The van der Waals surface area contributed by atoms with Crippen molar-refractivity contribution in [3.8, 4) is 5.75 Å². The third-order valence-electron chi connectivity index (χ3n) is 5.47. The van der Waals surface area contributed by atoms with Gasteiger partial charge in [-0.15, -0.1) is 11.3 Å². The van der Waals surface area contributed by atoms with Gasteiger partial charge in [-0.2, -0.15) is 0 Å². The first-order chi connectivity index (χ1) is 14.9. The molecule has 164 valence electrons. The van der Waals surface area contributed by atoms with E-state index in [1.54, 1.807) is 11.3 Å². The molecular formula is C26H32N2O2S. The third-order valence-corrected chi connectivity index (χ3v) is 6.34. The number of rotatable bonds is 9. The minimum atomic E-state index is 0.0507. The van der Waals surface area contributed by atoms with Gasteiger partial charge in [0.2, 0.25) is 0 Å². The minimum Gasteiger partial charge on any atom is -0.486 e. The molecular weight excluding hydrogens is 404 g/mol. The monoisotopic (exact) mass is 436 g/mol. The summed E-state index contributed by atoms with van der Waals surface area (Å²) >= 11 is 1.58. The summed E-state index contributed by atoms with van der Waals surface area (Å²) in [6.07, 6.45) is 0.893. The quantitative estimate of drug-likeness (QED) is 0.380. The van der Waals surface area contributed by atoms with E-state index < -0.39 is 0 Å². The van der Waals surface area contributed by atoms with Crippen LogP contribution in [-0.4, -0.2) is 21.8 Å². The van der Waals surface area contributed by atoms with Crippen LogP contribution < -0.4 is 4.74 Å². The van der Waals surface area contributed by atoms with Crippen LogP contribution in [0.3, 0.4) is 0 Å². The van der Waals surface area contributed by atoms with Crippen LogP contribution in [0, 0.1) is 6.92 Å². The van der Waals surface area contributed by atoms with E-state index in [4.69, 9.17) is 9.72 Å². The molecule has 1 atom stereocenters. The number of nitrogens with zero attached hydrogens (tertiary/aromatic N) is 2. The van der Waals surface area contributed by atoms with Gasteiger partial charge in [0, 0.05) is 17.0 Å².